The zero-order valence-electron chi connectivity index (χ0n) is 15.4. The lowest BCUT2D eigenvalue weighted by atomic mass is 10.0. The molecule has 1 aromatic rings. The first-order chi connectivity index (χ1) is 12.4. The van der Waals surface area contributed by atoms with Crippen LogP contribution in [0.25, 0.3) is 0 Å². The topological polar surface area (TPSA) is 90.0 Å². The third-order valence-corrected chi connectivity index (χ3v) is 4.74. The van der Waals surface area contributed by atoms with Crippen LogP contribution < -0.4 is 5.32 Å². The minimum Gasteiger partial charge on any atom is -0.480 e. The minimum absolute atomic E-state index is 0.0370. The Balaban J connectivity index is 1.81. The van der Waals surface area contributed by atoms with Crippen molar-refractivity contribution in [1.82, 2.24) is 9.80 Å². The molecule has 7 heteroatoms. The molecule has 0 atom stereocenters. The molecule has 2 rings (SSSR count). The second-order valence-corrected chi connectivity index (χ2v) is 6.65. The van der Waals surface area contributed by atoms with Crippen LogP contribution >= 0.6 is 0 Å². The summed E-state index contributed by atoms with van der Waals surface area (Å²) in [5.74, 6) is -0.950. The molecule has 0 radical (unpaired) electrons. The highest BCUT2D eigenvalue weighted by Crippen LogP contribution is 2.17. The maximum absolute atomic E-state index is 12.3. The molecule has 1 aliphatic rings. The molecule has 1 heterocycles. The maximum atomic E-state index is 12.3. The predicted octanol–water partition coefficient (Wildman–Crippen LogP) is 1.70. The molecule has 7 nitrogen and oxygen atoms in total. The summed E-state index contributed by atoms with van der Waals surface area (Å²) in [5.41, 5.74) is 1.19. The molecule has 0 aromatic heterocycles. The molecule has 0 spiro atoms. The largest absolute Gasteiger partial charge is 0.480 e. The second-order valence-electron chi connectivity index (χ2n) is 6.65. The number of aliphatic carboxylic acids is 1. The van der Waals surface area contributed by atoms with Crippen molar-refractivity contribution in [2.24, 2.45) is 0 Å². The summed E-state index contributed by atoms with van der Waals surface area (Å²) in [6.45, 7) is 6.07. The lowest BCUT2D eigenvalue weighted by molar-refractivity contribution is -0.139. The summed E-state index contributed by atoms with van der Waals surface area (Å²) in [5, 5.41) is 11.8. The number of hydrogen-bond donors (Lipinski definition) is 2. The van der Waals surface area contributed by atoms with Crippen LogP contribution in [0.5, 0.6) is 0 Å². The summed E-state index contributed by atoms with van der Waals surface area (Å²) < 4.78 is 0. The van der Waals surface area contributed by atoms with Crippen LogP contribution in [0.4, 0.5) is 5.69 Å². The van der Waals surface area contributed by atoms with Gasteiger partial charge in [-0.3, -0.25) is 24.2 Å². The number of amides is 1. The molecule has 1 amide bonds. The van der Waals surface area contributed by atoms with Gasteiger partial charge in [-0.2, -0.15) is 0 Å². The summed E-state index contributed by atoms with van der Waals surface area (Å²) in [6.07, 6.45) is 1.71. The molecule has 1 fully saturated rings. The van der Waals surface area contributed by atoms with Crippen molar-refractivity contribution < 1.29 is 19.5 Å². The van der Waals surface area contributed by atoms with Crippen LogP contribution in [0.3, 0.4) is 0 Å². The highest BCUT2D eigenvalue weighted by atomic mass is 16.4. The Morgan fingerprint density at radius 2 is 1.96 bits per heavy atom. The summed E-state index contributed by atoms with van der Waals surface area (Å²) in [7, 11) is 0. The smallest absolute Gasteiger partial charge is 0.317 e. The number of likely N-dealkylation sites (tertiary alicyclic amines) is 1. The van der Waals surface area contributed by atoms with E-state index < -0.39 is 5.97 Å². The number of rotatable bonds is 8. The van der Waals surface area contributed by atoms with Crippen LogP contribution in [0, 0.1) is 0 Å². The van der Waals surface area contributed by atoms with E-state index in [-0.39, 0.29) is 24.3 Å². The molecule has 2 N–H and O–H groups in total. The quantitative estimate of drug-likeness (QED) is 0.685. The van der Waals surface area contributed by atoms with E-state index in [1.54, 1.807) is 24.3 Å². The fourth-order valence-electron chi connectivity index (χ4n) is 3.33. The first-order valence-electron chi connectivity index (χ1n) is 8.98. The highest BCUT2D eigenvalue weighted by Gasteiger charge is 2.25. The Labute approximate surface area is 154 Å². The number of piperidine rings is 1. The third kappa shape index (κ3) is 5.93. The second kappa shape index (κ2) is 9.45. The van der Waals surface area contributed by atoms with Gasteiger partial charge in [0.25, 0.3) is 0 Å². The molecule has 1 saturated heterocycles. The summed E-state index contributed by atoms with van der Waals surface area (Å²) >= 11 is 0. The number of likely N-dealkylation sites (N-methyl/N-ethyl adjacent to an activating group) is 1. The fourth-order valence-corrected chi connectivity index (χ4v) is 3.33. The van der Waals surface area contributed by atoms with Gasteiger partial charge in [0.1, 0.15) is 0 Å². The van der Waals surface area contributed by atoms with Gasteiger partial charge in [0.05, 0.1) is 13.1 Å². The first-order valence-corrected chi connectivity index (χ1v) is 8.98. The van der Waals surface area contributed by atoms with Crippen LogP contribution in [-0.4, -0.2) is 71.3 Å². The lowest BCUT2D eigenvalue weighted by Crippen LogP contribution is -2.48. The number of carbonyl (C=O) groups excluding carboxylic acids is 2. The molecule has 1 aliphatic heterocycles. The van der Waals surface area contributed by atoms with Crippen molar-refractivity contribution in [2.45, 2.75) is 32.7 Å². The maximum Gasteiger partial charge on any atom is 0.317 e. The Kier molecular flexibility index (Phi) is 7.29. The number of nitrogens with zero attached hydrogens (tertiary/aromatic N) is 2. The summed E-state index contributed by atoms with van der Waals surface area (Å²) in [4.78, 5) is 38.7. The number of benzene rings is 1. The van der Waals surface area contributed by atoms with Crippen LogP contribution in [0.2, 0.25) is 0 Å². The number of nitrogens with one attached hydrogen (secondary N) is 1. The van der Waals surface area contributed by atoms with Crippen LogP contribution in [-0.2, 0) is 9.59 Å². The van der Waals surface area contributed by atoms with Crippen molar-refractivity contribution in [3.63, 3.8) is 0 Å². The SMILES string of the molecule is CCN(CC(=O)O)C1CCN(CC(=O)Nc2cccc(C(C)=O)c2)CC1. The van der Waals surface area contributed by atoms with Gasteiger partial charge >= 0.3 is 5.97 Å². The van der Waals surface area contributed by atoms with Crippen molar-refractivity contribution in [3.8, 4) is 0 Å². The molecular weight excluding hydrogens is 334 g/mol. The Hall–Kier alpha value is -2.25. The zero-order chi connectivity index (χ0) is 19.1. The van der Waals surface area contributed by atoms with E-state index in [0.29, 0.717) is 24.3 Å². The monoisotopic (exact) mass is 361 g/mol. The van der Waals surface area contributed by atoms with E-state index in [1.807, 2.05) is 11.8 Å². The van der Waals surface area contributed by atoms with Gasteiger partial charge in [-0.05, 0) is 38.4 Å². The van der Waals surface area contributed by atoms with E-state index in [2.05, 4.69) is 10.2 Å². The van der Waals surface area contributed by atoms with Gasteiger partial charge in [-0.15, -0.1) is 0 Å². The molecule has 0 bridgehead atoms. The fraction of sp³-hybridized carbons (Fsp3) is 0.526. The average Bonchev–Trinajstić information content (AvgIpc) is 2.60. The van der Waals surface area contributed by atoms with Crippen molar-refractivity contribution in [2.75, 3.05) is 38.0 Å². The normalized spacial score (nSPS) is 15.8. The van der Waals surface area contributed by atoms with Crippen molar-refractivity contribution in [3.05, 3.63) is 29.8 Å². The molecule has 0 saturated carbocycles. The first kappa shape index (κ1) is 20.1. The Morgan fingerprint density at radius 3 is 2.54 bits per heavy atom. The molecule has 0 unspecified atom stereocenters. The van der Waals surface area contributed by atoms with Gasteiger partial charge < -0.3 is 10.4 Å². The average molecular weight is 361 g/mol. The van der Waals surface area contributed by atoms with Crippen LogP contribution in [0.1, 0.15) is 37.0 Å². The number of carboxylic acids is 1. The van der Waals surface area contributed by atoms with Gasteiger partial charge in [0.2, 0.25) is 5.91 Å². The molecule has 1 aromatic carbocycles. The molecule has 142 valence electrons. The van der Waals surface area contributed by atoms with Crippen molar-refractivity contribution in [1.29, 1.82) is 0 Å². The zero-order valence-corrected chi connectivity index (χ0v) is 15.4. The number of hydrogen-bond acceptors (Lipinski definition) is 5. The lowest BCUT2D eigenvalue weighted by Gasteiger charge is -2.37. The van der Waals surface area contributed by atoms with Gasteiger partial charge in [0, 0.05) is 30.4 Å². The van der Waals surface area contributed by atoms with Gasteiger partial charge in [0.15, 0.2) is 5.78 Å². The highest BCUT2D eigenvalue weighted by molar-refractivity contribution is 5.97. The number of Topliss-reactive ketones (excluding diaryl/α,β-unsaturated/α-hetero) is 1. The number of ketones is 1. The molecular formula is C19H27N3O4. The minimum atomic E-state index is -0.804. The third-order valence-electron chi connectivity index (χ3n) is 4.74. The summed E-state index contributed by atoms with van der Waals surface area (Å²) in [6, 6.07) is 7.17. The van der Waals surface area contributed by atoms with Crippen molar-refractivity contribution >= 4 is 23.3 Å². The van der Waals surface area contributed by atoms with Crippen LogP contribution in [0.15, 0.2) is 24.3 Å². The standard InChI is InChI=1S/C19H27N3O4/c1-3-22(13-19(25)26)17-7-9-21(10-8-17)12-18(24)20-16-6-4-5-15(11-16)14(2)23/h4-6,11,17H,3,7-10,12-13H2,1-2H3,(H,20,24)(H,25,26). The predicted molar refractivity (Wildman–Crippen MR) is 99.4 cm³/mol. The van der Waals surface area contributed by atoms with E-state index >= 15 is 0 Å². The number of anilines is 1. The van der Waals surface area contributed by atoms with E-state index in [4.69, 9.17) is 5.11 Å². The Morgan fingerprint density at radius 1 is 1.27 bits per heavy atom. The van der Waals surface area contributed by atoms with E-state index in [9.17, 15) is 14.4 Å². The Bertz CT molecular complexity index is 654. The van der Waals surface area contributed by atoms with E-state index in [0.717, 1.165) is 25.9 Å². The number of carbonyl (C=O) groups is 3. The molecule has 26 heavy (non-hydrogen) atoms. The van der Waals surface area contributed by atoms with Gasteiger partial charge in [-0.1, -0.05) is 19.1 Å². The molecule has 0 aliphatic carbocycles. The number of carboxylic acid groups (broad SMARTS) is 1. The van der Waals surface area contributed by atoms with Gasteiger partial charge in [-0.25, -0.2) is 0 Å². The van der Waals surface area contributed by atoms with E-state index in [1.165, 1.54) is 6.92 Å².